The van der Waals surface area contributed by atoms with Gasteiger partial charge in [0, 0.05) is 30.7 Å². The van der Waals surface area contributed by atoms with Gasteiger partial charge in [-0.3, -0.25) is 9.78 Å². The minimum absolute atomic E-state index is 0.0444. The summed E-state index contributed by atoms with van der Waals surface area (Å²) in [7, 11) is 0. The highest BCUT2D eigenvalue weighted by Crippen LogP contribution is 2.26. The molecule has 0 spiro atoms. The van der Waals surface area contributed by atoms with E-state index in [1.165, 1.54) is 29.5 Å². The quantitative estimate of drug-likeness (QED) is 0.878. The molecular formula is C21H27N3O. The molecule has 0 unspecified atom stereocenters. The maximum Gasteiger partial charge on any atom is 0.272 e. The number of pyridine rings is 1. The van der Waals surface area contributed by atoms with Gasteiger partial charge in [0.25, 0.3) is 5.91 Å². The number of hydrogen-bond acceptors (Lipinski definition) is 3. The summed E-state index contributed by atoms with van der Waals surface area (Å²) in [6.45, 7) is 8.00. The lowest BCUT2D eigenvalue weighted by Gasteiger charge is -2.20. The first kappa shape index (κ1) is 17.5. The van der Waals surface area contributed by atoms with Crippen molar-refractivity contribution >= 4 is 17.3 Å². The summed E-state index contributed by atoms with van der Waals surface area (Å²) in [5, 5.41) is 3.47. The molecule has 0 radical (unpaired) electrons. The van der Waals surface area contributed by atoms with E-state index in [9.17, 15) is 4.79 Å². The summed E-state index contributed by atoms with van der Waals surface area (Å²) in [5.41, 5.74) is 6.19. The molecule has 4 heteroatoms. The monoisotopic (exact) mass is 337 g/mol. The van der Waals surface area contributed by atoms with E-state index in [1.54, 1.807) is 6.20 Å². The van der Waals surface area contributed by atoms with Crippen molar-refractivity contribution in [1.82, 2.24) is 9.88 Å². The number of hydrogen-bond donors (Lipinski definition) is 1. The van der Waals surface area contributed by atoms with Crippen molar-refractivity contribution in [3.8, 4) is 0 Å². The van der Waals surface area contributed by atoms with Gasteiger partial charge in [-0.25, -0.2) is 0 Å². The van der Waals surface area contributed by atoms with E-state index in [0.29, 0.717) is 5.69 Å². The third kappa shape index (κ3) is 4.19. The van der Waals surface area contributed by atoms with Crippen molar-refractivity contribution in [2.45, 2.75) is 46.5 Å². The van der Waals surface area contributed by atoms with E-state index >= 15 is 0 Å². The van der Waals surface area contributed by atoms with Crippen LogP contribution in [0.25, 0.3) is 0 Å². The number of carbonyl (C=O) groups excluding carboxylic acids is 1. The third-order valence-electron chi connectivity index (χ3n) is 4.82. The molecule has 1 aliphatic heterocycles. The second-order valence-corrected chi connectivity index (χ2v) is 7.03. The van der Waals surface area contributed by atoms with Crippen molar-refractivity contribution in [3.63, 3.8) is 0 Å². The van der Waals surface area contributed by atoms with Crippen LogP contribution in [-0.2, 0) is 0 Å². The number of rotatable bonds is 3. The SMILES string of the molecule is Cc1cc(C)c(Nc2ccnc(C(=O)N3CCCCCC3)c2)c(C)c1. The average Bonchev–Trinajstić information content (AvgIpc) is 2.87. The largest absolute Gasteiger partial charge is 0.355 e. The summed E-state index contributed by atoms with van der Waals surface area (Å²) in [4.78, 5) is 19.0. The van der Waals surface area contributed by atoms with Crippen LogP contribution in [0.5, 0.6) is 0 Å². The molecule has 1 amide bonds. The zero-order valence-electron chi connectivity index (χ0n) is 15.4. The van der Waals surface area contributed by atoms with Crippen LogP contribution in [-0.4, -0.2) is 28.9 Å². The van der Waals surface area contributed by atoms with E-state index in [0.717, 1.165) is 37.3 Å². The fourth-order valence-corrected chi connectivity index (χ4v) is 3.58. The minimum Gasteiger partial charge on any atom is -0.355 e. The van der Waals surface area contributed by atoms with Crippen LogP contribution in [0.15, 0.2) is 30.5 Å². The van der Waals surface area contributed by atoms with Crippen LogP contribution >= 0.6 is 0 Å². The lowest BCUT2D eigenvalue weighted by atomic mass is 10.0. The highest BCUT2D eigenvalue weighted by molar-refractivity contribution is 5.93. The maximum atomic E-state index is 12.8. The maximum absolute atomic E-state index is 12.8. The Labute approximate surface area is 150 Å². The molecular weight excluding hydrogens is 310 g/mol. The van der Waals surface area contributed by atoms with E-state index in [2.05, 4.69) is 43.2 Å². The predicted octanol–water partition coefficient (Wildman–Crippen LogP) is 4.77. The minimum atomic E-state index is 0.0444. The predicted molar refractivity (Wildman–Crippen MR) is 103 cm³/mol. The van der Waals surface area contributed by atoms with Crippen LogP contribution in [0.4, 0.5) is 11.4 Å². The molecule has 1 aromatic carbocycles. The molecule has 0 bridgehead atoms. The fraction of sp³-hybridized carbons (Fsp3) is 0.429. The molecule has 0 atom stereocenters. The highest BCUT2D eigenvalue weighted by atomic mass is 16.2. The van der Waals surface area contributed by atoms with E-state index in [4.69, 9.17) is 0 Å². The molecule has 1 aromatic heterocycles. The summed E-state index contributed by atoms with van der Waals surface area (Å²) in [6.07, 6.45) is 6.32. The van der Waals surface area contributed by atoms with Gasteiger partial charge in [0.05, 0.1) is 0 Å². The number of nitrogens with zero attached hydrogens (tertiary/aromatic N) is 2. The van der Waals surface area contributed by atoms with E-state index in [-0.39, 0.29) is 5.91 Å². The summed E-state index contributed by atoms with van der Waals surface area (Å²) >= 11 is 0. The van der Waals surface area contributed by atoms with Gasteiger partial charge in [0.1, 0.15) is 5.69 Å². The normalized spacial score (nSPS) is 14.9. The highest BCUT2D eigenvalue weighted by Gasteiger charge is 2.18. The third-order valence-corrected chi connectivity index (χ3v) is 4.82. The van der Waals surface area contributed by atoms with Crippen LogP contribution in [0, 0.1) is 20.8 Å². The molecule has 1 aliphatic rings. The van der Waals surface area contributed by atoms with Gasteiger partial charge in [-0.15, -0.1) is 0 Å². The number of amides is 1. The number of anilines is 2. The number of nitrogens with one attached hydrogen (secondary N) is 1. The molecule has 1 saturated heterocycles. The zero-order valence-corrected chi connectivity index (χ0v) is 15.4. The molecule has 0 aliphatic carbocycles. The van der Waals surface area contributed by atoms with E-state index in [1.807, 2.05) is 17.0 Å². The molecule has 4 nitrogen and oxygen atoms in total. The lowest BCUT2D eigenvalue weighted by molar-refractivity contribution is 0.0756. The Hall–Kier alpha value is -2.36. The number of aryl methyl sites for hydroxylation is 3. The molecule has 2 aromatic rings. The van der Waals surface area contributed by atoms with Crippen molar-refractivity contribution in [2.75, 3.05) is 18.4 Å². The molecule has 1 fully saturated rings. The first-order valence-corrected chi connectivity index (χ1v) is 9.15. The van der Waals surface area contributed by atoms with Gasteiger partial charge in [-0.05, 0) is 56.9 Å². The Morgan fingerprint density at radius 2 is 1.64 bits per heavy atom. The first-order chi connectivity index (χ1) is 12.0. The lowest BCUT2D eigenvalue weighted by Crippen LogP contribution is -2.32. The van der Waals surface area contributed by atoms with Gasteiger partial charge < -0.3 is 10.2 Å². The van der Waals surface area contributed by atoms with Gasteiger partial charge in [0.2, 0.25) is 0 Å². The van der Waals surface area contributed by atoms with Gasteiger partial charge in [-0.2, -0.15) is 0 Å². The van der Waals surface area contributed by atoms with Crippen molar-refractivity contribution < 1.29 is 4.79 Å². The van der Waals surface area contributed by atoms with Gasteiger partial charge in [0.15, 0.2) is 0 Å². The van der Waals surface area contributed by atoms with Crippen LogP contribution in [0.3, 0.4) is 0 Å². The molecule has 3 rings (SSSR count). The van der Waals surface area contributed by atoms with Crippen LogP contribution in [0.1, 0.15) is 52.9 Å². The Bertz CT molecular complexity index is 738. The number of carbonyl (C=O) groups is 1. The second-order valence-electron chi connectivity index (χ2n) is 7.03. The Morgan fingerprint density at radius 3 is 2.28 bits per heavy atom. The fourth-order valence-electron chi connectivity index (χ4n) is 3.58. The molecule has 1 N–H and O–H groups in total. The molecule has 0 saturated carbocycles. The Morgan fingerprint density at radius 1 is 1.00 bits per heavy atom. The number of benzene rings is 1. The van der Waals surface area contributed by atoms with E-state index < -0.39 is 0 Å². The molecule has 132 valence electrons. The number of aromatic nitrogens is 1. The first-order valence-electron chi connectivity index (χ1n) is 9.15. The summed E-state index contributed by atoms with van der Waals surface area (Å²) < 4.78 is 0. The van der Waals surface area contributed by atoms with Crippen molar-refractivity contribution in [3.05, 3.63) is 52.8 Å². The van der Waals surface area contributed by atoms with Crippen molar-refractivity contribution in [1.29, 1.82) is 0 Å². The van der Waals surface area contributed by atoms with Crippen molar-refractivity contribution in [2.24, 2.45) is 0 Å². The standard InChI is InChI=1S/C21H27N3O/c1-15-12-16(2)20(17(3)13-15)23-18-8-9-22-19(14-18)21(25)24-10-6-4-5-7-11-24/h8-9,12-14H,4-7,10-11H2,1-3H3,(H,22,23). The number of likely N-dealkylation sites (tertiary alicyclic amines) is 1. The Balaban J connectivity index is 1.81. The Kier molecular flexibility index (Phi) is 5.37. The summed E-state index contributed by atoms with van der Waals surface area (Å²) in [5.74, 6) is 0.0444. The average molecular weight is 337 g/mol. The summed E-state index contributed by atoms with van der Waals surface area (Å²) in [6, 6.07) is 8.11. The topological polar surface area (TPSA) is 45.2 Å². The zero-order chi connectivity index (χ0) is 17.8. The molecule has 2 heterocycles. The second kappa shape index (κ2) is 7.68. The van der Waals surface area contributed by atoms with Crippen LogP contribution in [0.2, 0.25) is 0 Å². The van der Waals surface area contributed by atoms with Crippen LogP contribution < -0.4 is 5.32 Å². The van der Waals surface area contributed by atoms with Gasteiger partial charge in [-0.1, -0.05) is 30.5 Å². The smallest absolute Gasteiger partial charge is 0.272 e. The van der Waals surface area contributed by atoms with Gasteiger partial charge >= 0.3 is 0 Å². The molecule has 25 heavy (non-hydrogen) atoms.